The number of nitrogens with one attached hydrogen (secondary N) is 1. The van der Waals surface area contributed by atoms with Crippen molar-refractivity contribution in [2.45, 2.75) is 63.3 Å². The standard InChI is InChI=1S/C16H25NO3/c18-15(10-13-6-2-3-7-13)17-11-14-12-19-16(20-14)8-4-1-5-9-16/h2,6,13-14H,1,3-5,7-12H2,(H,17,18)/t13-,14-/m1/s1. The van der Waals surface area contributed by atoms with Gasteiger partial charge in [-0.25, -0.2) is 0 Å². The van der Waals surface area contributed by atoms with Crippen LogP contribution < -0.4 is 5.32 Å². The molecule has 2 aliphatic carbocycles. The van der Waals surface area contributed by atoms with Gasteiger partial charge in [-0.05, 0) is 31.6 Å². The predicted octanol–water partition coefficient (Wildman–Crippen LogP) is 2.53. The lowest BCUT2D eigenvalue weighted by atomic mass is 9.94. The summed E-state index contributed by atoms with van der Waals surface area (Å²) in [5.74, 6) is 0.233. The SMILES string of the molecule is O=C(C[C@@H]1C=CCC1)NC[C@@H]1COC2(CCCCC2)O1. The molecule has 3 rings (SSSR count). The predicted molar refractivity (Wildman–Crippen MR) is 76.1 cm³/mol. The molecule has 4 heteroatoms. The van der Waals surface area contributed by atoms with Gasteiger partial charge in [-0.1, -0.05) is 18.6 Å². The number of carbonyl (C=O) groups excluding carboxylic acids is 1. The third kappa shape index (κ3) is 3.41. The molecule has 1 aliphatic heterocycles. The summed E-state index contributed by atoms with van der Waals surface area (Å²) in [6.45, 7) is 1.20. The van der Waals surface area contributed by atoms with Gasteiger partial charge in [-0.2, -0.15) is 0 Å². The lowest BCUT2D eigenvalue weighted by Crippen LogP contribution is -2.37. The van der Waals surface area contributed by atoms with Crippen LogP contribution >= 0.6 is 0 Å². The van der Waals surface area contributed by atoms with E-state index < -0.39 is 0 Å². The lowest BCUT2D eigenvalue weighted by molar-refractivity contribution is -0.186. The van der Waals surface area contributed by atoms with Gasteiger partial charge in [-0.3, -0.25) is 4.79 Å². The van der Waals surface area contributed by atoms with E-state index in [0.29, 0.717) is 25.5 Å². The number of amides is 1. The second-order valence-corrected chi connectivity index (χ2v) is 6.30. The minimum absolute atomic E-state index is 0.0242. The molecule has 4 nitrogen and oxygen atoms in total. The molecule has 1 saturated carbocycles. The first-order valence-corrected chi connectivity index (χ1v) is 8.01. The Kier molecular flexibility index (Phi) is 4.41. The van der Waals surface area contributed by atoms with E-state index >= 15 is 0 Å². The summed E-state index contributed by atoms with van der Waals surface area (Å²) >= 11 is 0. The molecule has 1 spiro atoms. The van der Waals surface area contributed by atoms with E-state index in [-0.39, 0.29) is 17.8 Å². The van der Waals surface area contributed by atoms with Gasteiger partial charge < -0.3 is 14.8 Å². The molecule has 1 saturated heterocycles. The average Bonchev–Trinajstić information content (AvgIpc) is 3.08. The lowest BCUT2D eigenvalue weighted by Gasteiger charge is -2.31. The maximum atomic E-state index is 11.9. The van der Waals surface area contributed by atoms with E-state index in [1.54, 1.807) is 0 Å². The molecular weight excluding hydrogens is 254 g/mol. The molecule has 0 aromatic heterocycles. The van der Waals surface area contributed by atoms with E-state index in [0.717, 1.165) is 25.7 Å². The van der Waals surface area contributed by atoms with Crippen LogP contribution in [0.25, 0.3) is 0 Å². The molecule has 1 N–H and O–H groups in total. The summed E-state index contributed by atoms with van der Waals surface area (Å²) in [4.78, 5) is 11.9. The number of hydrogen-bond acceptors (Lipinski definition) is 3. The number of hydrogen-bond donors (Lipinski definition) is 1. The highest BCUT2D eigenvalue weighted by molar-refractivity contribution is 5.76. The quantitative estimate of drug-likeness (QED) is 0.804. The van der Waals surface area contributed by atoms with E-state index in [4.69, 9.17) is 9.47 Å². The molecule has 3 aliphatic rings. The molecule has 2 fully saturated rings. The number of allylic oxidation sites excluding steroid dienone is 2. The Morgan fingerprint density at radius 3 is 2.90 bits per heavy atom. The van der Waals surface area contributed by atoms with Gasteiger partial charge in [0.2, 0.25) is 5.91 Å². The molecule has 2 atom stereocenters. The normalized spacial score (nSPS) is 31.8. The fraction of sp³-hybridized carbons (Fsp3) is 0.812. The minimum atomic E-state index is -0.332. The molecule has 112 valence electrons. The highest BCUT2D eigenvalue weighted by atomic mass is 16.7. The van der Waals surface area contributed by atoms with Crippen LogP contribution in [0.1, 0.15) is 51.4 Å². The van der Waals surface area contributed by atoms with Gasteiger partial charge in [0, 0.05) is 25.8 Å². The molecule has 0 aromatic rings. The minimum Gasteiger partial charge on any atom is -0.353 e. The van der Waals surface area contributed by atoms with Crippen LogP contribution in [-0.4, -0.2) is 30.9 Å². The second kappa shape index (κ2) is 6.27. The monoisotopic (exact) mass is 279 g/mol. The first kappa shape index (κ1) is 14.1. The summed E-state index contributed by atoms with van der Waals surface area (Å²) in [5.41, 5.74) is 0. The molecule has 0 bridgehead atoms. The van der Waals surface area contributed by atoms with Gasteiger partial charge in [-0.15, -0.1) is 0 Å². The Hall–Kier alpha value is -0.870. The van der Waals surface area contributed by atoms with Crippen molar-refractivity contribution < 1.29 is 14.3 Å². The van der Waals surface area contributed by atoms with Gasteiger partial charge in [0.05, 0.1) is 6.61 Å². The summed E-state index contributed by atoms with van der Waals surface area (Å²) in [6, 6.07) is 0. The van der Waals surface area contributed by atoms with Crippen LogP contribution in [-0.2, 0) is 14.3 Å². The third-order valence-corrected chi connectivity index (χ3v) is 4.62. The second-order valence-electron chi connectivity index (χ2n) is 6.30. The van der Waals surface area contributed by atoms with Crippen LogP contribution in [0.2, 0.25) is 0 Å². The molecule has 1 amide bonds. The van der Waals surface area contributed by atoms with Crippen LogP contribution in [0.15, 0.2) is 12.2 Å². The smallest absolute Gasteiger partial charge is 0.220 e. The van der Waals surface area contributed by atoms with Crippen molar-refractivity contribution in [3.8, 4) is 0 Å². The Morgan fingerprint density at radius 2 is 2.15 bits per heavy atom. The first-order valence-electron chi connectivity index (χ1n) is 8.01. The fourth-order valence-corrected chi connectivity index (χ4v) is 3.47. The van der Waals surface area contributed by atoms with Crippen molar-refractivity contribution in [2.24, 2.45) is 5.92 Å². The topological polar surface area (TPSA) is 47.6 Å². The molecule has 0 aromatic carbocycles. The van der Waals surface area contributed by atoms with Crippen molar-refractivity contribution in [2.75, 3.05) is 13.2 Å². The summed E-state index contributed by atoms with van der Waals surface area (Å²) in [7, 11) is 0. The average molecular weight is 279 g/mol. The summed E-state index contributed by atoms with van der Waals surface area (Å²) < 4.78 is 11.9. The number of carbonyl (C=O) groups is 1. The van der Waals surface area contributed by atoms with Crippen molar-refractivity contribution in [3.05, 3.63) is 12.2 Å². The molecule has 1 heterocycles. The first-order chi connectivity index (χ1) is 9.76. The van der Waals surface area contributed by atoms with Crippen LogP contribution in [0.5, 0.6) is 0 Å². The van der Waals surface area contributed by atoms with E-state index in [1.165, 1.54) is 19.3 Å². The molecule has 0 unspecified atom stereocenters. The Balaban J connectivity index is 1.38. The Morgan fingerprint density at radius 1 is 1.30 bits per heavy atom. The molecule has 0 radical (unpaired) electrons. The maximum absolute atomic E-state index is 11.9. The highest BCUT2D eigenvalue weighted by Gasteiger charge is 2.42. The van der Waals surface area contributed by atoms with E-state index in [9.17, 15) is 4.79 Å². The van der Waals surface area contributed by atoms with Crippen molar-refractivity contribution >= 4 is 5.91 Å². The number of rotatable bonds is 4. The fourth-order valence-electron chi connectivity index (χ4n) is 3.47. The van der Waals surface area contributed by atoms with Crippen molar-refractivity contribution in [1.29, 1.82) is 0 Å². The van der Waals surface area contributed by atoms with Crippen LogP contribution in [0.4, 0.5) is 0 Å². The molecule has 20 heavy (non-hydrogen) atoms. The Labute approximate surface area is 120 Å². The van der Waals surface area contributed by atoms with Crippen LogP contribution in [0, 0.1) is 5.92 Å². The zero-order valence-corrected chi connectivity index (χ0v) is 12.1. The zero-order valence-electron chi connectivity index (χ0n) is 12.1. The number of ether oxygens (including phenoxy) is 2. The van der Waals surface area contributed by atoms with Crippen LogP contribution in [0.3, 0.4) is 0 Å². The zero-order chi connectivity index (χ0) is 13.8. The maximum Gasteiger partial charge on any atom is 0.220 e. The van der Waals surface area contributed by atoms with Gasteiger partial charge in [0.1, 0.15) is 6.10 Å². The van der Waals surface area contributed by atoms with Gasteiger partial charge in [0.15, 0.2) is 5.79 Å². The molecular formula is C16H25NO3. The highest BCUT2D eigenvalue weighted by Crippen LogP contribution is 2.37. The largest absolute Gasteiger partial charge is 0.353 e. The van der Waals surface area contributed by atoms with Gasteiger partial charge >= 0.3 is 0 Å². The summed E-state index contributed by atoms with van der Waals surface area (Å²) in [5, 5.41) is 3.00. The van der Waals surface area contributed by atoms with Crippen molar-refractivity contribution in [1.82, 2.24) is 5.32 Å². The van der Waals surface area contributed by atoms with Gasteiger partial charge in [0.25, 0.3) is 0 Å². The Bertz CT molecular complexity index is 374. The third-order valence-electron chi connectivity index (χ3n) is 4.62. The van der Waals surface area contributed by atoms with Crippen molar-refractivity contribution in [3.63, 3.8) is 0 Å². The summed E-state index contributed by atoms with van der Waals surface area (Å²) in [6.07, 6.45) is 12.8. The van der Waals surface area contributed by atoms with E-state index in [1.807, 2.05) is 0 Å². The van der Waals surface area contributed by atoms with E-state index in [2.05, 4.69) is 17.5 Å².